The topological polar surface area (TPSA) is 89.4 Å². The lowest BCUT2D eigenvalue weighted by Crippen LogP contribution is -2.19. The standard InChI is InChI=1S/C18H21N3O4S/c1-3-4-7-10-25-14-9-6-5-8-13(14)12-19-21-18-20-17(23)15(26-18)11-16(22)24-2/h5-6,8-9,11-12H,3-4,7,10H2,1-2H3,(H,20,21,23)/b15-11+,19-12?. The third-order valence-corrected chi connectivity index (χ3v) is 4.27. The van der Waals surface area contributed by atoms with Gasteiger partial charge in [0.25, 0.3) is 5.91 Å². The van der Waals surface area contributed by atoms with E-state index in [1.54, 1.807) is 6.21 Å². The van der Waals surface area contributed by atoms with Crippen LogP contribution in [0.3, 0.4) is 0 Å². The first kappa shape index (κ1) is 19.7. The predicted octanol–water partition coefficient (Wildman–Crippen LogP) is 2.87. The van der Waals surface area contributed by atoms with Crippen LogP contribution >= 0.6 is 11.8 Å². The van der Waals surface area contributed by atoms with Gasteiger partial charge in [-0.2, -0.15) is 5.10 Å². The quantitative estimate of drug-likeness (QED) is 0.248. The maximum atomic E-state index is 11.7. The van der Waals surface area contributed by atoms with Gasteiger partial charge >= 0.3 is 5.97 Å². The number of methoxy groups -OCH3 is 1. The normalized spacial score (nSPS) is 17.1. The van der Waals surface area contributed by atoms with E-state index in [0.29, 0.717) is 11.8 Å². The van der Waals surface area contributed by atoms with Gasteiger partial charge in [-0.15, -0.1) is 5.10 Å². The van der Waals surface area contributed by atoms with Crippen LogP contribution < -0.4 is 10.1 Å². The van der Waals surface area contributed by atoms with Crippen molar-refractivity contribution in [2.24, 2.45) is 10.2 Å². The van der Waals surface area contributed by atoms with E-state index in [1.165, 1.54) is 7.11 Å². The molecule has 0 aromatic heterocycles. The van der Waals surface area contributed by atoms with Crippen LogP contribution in [0.1, 0.15) is 31.7 Å². The zero-order valence-corrected chi connectivity index (χ0v) is 15.5. The lowest BCUT2D eigenvalue weighted by atomic mass is 10.2. The van der Waals surface area contributed by atoms with Gasteiger partial charge in [-0.25, -0.2) is 4.79 Å². The third kappa shape index (κ3) is 6.03. The molecular weight excluding hydrogens is 354 g/mol. The zero-order valence-electron chi connectivity index (χ0n) is 14.7. The number of hydrogen-bond donors (Lipinski definition) is 1. The summed E-state index contributed by atoms with van der Waals surface area (Å²) >= 11 is 1.03. The van der Waals surface area contributed by atoms with Crippen molar-refractivity contribution >= 4 is 35.0 Å². The van der Waals surface area contributed by atoms with Crippen molar-refractivity contribution in [2.75, 3.05) is 13.7 Å². The molecule has 1 fully saturated rings. The van der Waals surface area contributed by atoms with E-state index in [4.69, 9.17) is 4.74 Å². The van der Waals surface area contributed by atoms with E-state index in [2.05, 4.69) is 27.2 Å². The fourth-order valence-electron chi connectivity index (χ4n) is 2.04. The molecule has 0 spiro atoms. The lowest BCUT2D eigenvalue weighted by Gasteiger charge is -2.07. The minimum atomic E-state index is -0.596. The summed E-state index contributed by atoms with van der Waals surface area (Å²) in [4.78, 5) is 23.2. The van der Waals surface area contributed by atoms with Crippen LogP contribution in [0.15, 0.2) is 45.4 Å². The molecule has 0 saturated carbocycles. The molecular formula is C18H21N3O4S. The molecule has 0 aliphatic carbocycles. The van der Waals surface area contributed by atoms with E-state index in [9.17, 15) is 9.59 Å². The maximum absolute atomic E-state index is 11.7. The summed E-state index contributed by atoms with van der Waals surface area (Å²) in [6.45, 7) is 2.80. The largest absolute Gasteiger partial charge is 0.493 e. The average Bonchev–Trinajstić information content (AvgIpc) is 2.99. The first-order valence-electron chi connectivity index (χ1n) is 8.25. The van der Waals surface area contributed by atoms with E-state index < -0.39 is 11.9 Å². The third-order valence-electron chi connectivity index (χ3n) is 3.37. The van der Waals surface area contributed by atoms with Crippen molar-refractivity contribution in [1.82, 2.24) is 5.32 Å². The molecule has 2 rings (SSSR count). The Balaban J connectivity index is 2.00. The van der Waals surface area contributed by atoms with Gasteiger partial charge in [0.05, 0.1) is 24.8 Å². The Morgan fingerprint density at radius 3 is 2.88 bits per heavy atom. The SMILES string of the molecule is CCCCCOc1ccccc1C=N/N=C1/NC(=O)/C(=C\C(=O)OC)S1. The number of para-hydroxylation sites is 1. The number of carbonyl (C=O) groups excluding carboxylic acids is 2. The first-order chi connectivity index (χ1) is 12.6. The van der Waals surface area contributed by atoms with Gasteiger partial charge < -0.3 is 9.47 Å². The second-order valence-corrected chi connectivity index (χ2v) is 6.36. The van der Waals surface area contributed by atoms with Crippen molar-refractivity contribution in [3.05, 3.63) is 40.8 Å². The van der Waals surface area contributed by atoms with Gasteiger partial charge in [0.2, 0.25) is 0 Å². The summed E-state index contributed by atoms with van der Waals surface area (Å²) in [5.41, 5.74) is 0.799. The van der Waals surface area contributed by atoms with E-state index in [0.717, 1.165) is 48.4 Å². The maximum Gasteiger partial charge on any atom is 0.331 e. The van der Waals surface area contributed by atoms with Crippen LogP contribution in [0.2, 0.25) is 0 Å². The monoisotopic (exact) mass is 375 g/mol. The zero-order chi connectivity index (χ0) is 18.8. The molecule has 0 bridgehead atoms. The van der Waals surface area contributed by atoms with Crippen molar-refractivity contribution in [1.29, 1.82) is 0 Å². The van der Waals surface area contributed by atoms with Gasteiger partial charge in [-0.1, -0.05) is 31.9 Å². The number of hydrogen-bond acceptors (Lipinski definition) is 7. The summed E-state index contributed by atoms with van der Waals surface area (Å²) in [7, 11) is 1.25. The van der Waals surface area contributed by atoms with Crippen LogP contribution in [0, 0.1) is 0 Å². The molecule has 7 nitrogen and oxygen atoms in total. The highest BCUT2D eigenvalue weighted by atomic mass is 32.2. The number of thioether (sulfide) groups is 1. The van der Waals surface area contributed by atoms with E-state index in [1.807, 2.05) is 24.3 Å². The summed E-state index contributed by atoms with van der Waals surface area (Å²) in [5, 5.41) is 10.8. The van der Waals surface area contributed by atoms with Crippen molar-refractivity contribution in [2.45, 2.75) is 26.2 Å². The molecule has 1 aliphatic heterocycles. The molecule has 8 heteroatoms. The first-order valence-corrected chi connectivity index (χ1v) is 9.07. The molecule has 0 radical (unpaired) electrons. The molecule has 1 aromatic rings. The van der Waals surface area contributed by atoms with Crippen LogP contribution in [0.4, 0.5) is 0 Å². The molecule has 1 N–H and O–H groups in total. The molecule has 1 heterocycles. The molecule has 138 valence electrons. The van der Waals surface area contributed by atoms with Crippen LogP contribution in [0.5, 0.6) is 5.75 Å². The molecule has 0 atom stereocenters. The highest BCUT2D eigenvalue weighted by Gasteiger charge is 2.24. The molecule has 1 aromatic carbocycles. The number of unbranched alkanes of at least 4 members (excludes halogenated alkanes) is 2. The number of rotatable bonds is 8. The Hall–Kier alpha value is -2.61. The Morgan fingerprint density at radius 2 is 2.12 bits per heavy atom. The summed E-state index contributed by atoms with van der Waals surface area (Å²) in [6, 6.07) is 7.54. The molecule has 0 unspecified atom stereocenters. The number of nitrogens with zero attached hydrogens (tertiary/aromatic N) is 2. The minimum Gasteiger partial charge on any atom is -0.493 e. The average molecular weight is 375 g/mol. The molecule has 1 amide bonds. The Labute approximate surface area is 156 Å². The van der Waals surface area contributed by atoms with Crippen LogP contribution in [-0.4, -0.2) is 37.0 Å². The predicted molar refractivity (Wildman–Crippen MR) is 102 cm³/mol. The number of carbonyl (C=O) groups is 2. The number of nitrogens with one attached hydrogen (secondary N) is 1. The van der Waals surface area contributed by atoms with Gasteiger partial charge in [0.15, 0.2) is 5.17 Å². The minimum absolute atomic E-state index is 0.213. The van der Waals surface area contributed by atoms with E-state index in [-0.39, 0.29) is 4.91 Å². The lowest BCUT2D eigenvalue weighted by molar-refractivity contribution is -0.135. The van der Waals surface area contributed by atoms with Crippen LogP contribution in [-0.2, 0) is 14.3 Å². The summed E-state index contributed by atoms with van der Waals surface area (Å²) < 4.78 is 10.3. The highest BCUT2D eigenvalue weighted by Crippen LogP contribution is 2.23. The smallest absolute Gasteiger partial charge is 0.331 e. The van der Waals surface area contributed by atoms with Gasteiger partial charge in [0.1, 0.15) is 5.75 Å². The molecule has 1 saturated heterocycles. The Bertz CT molecular complexity index is 744. The van der Waals surface area contributed by atoms with Crippen LogP contribution in [0.25, 0.3) is 0 Å². The second-order valence-electron chi connectivity index (χ2n) is 5.33. The van der Waals surface area contributed by atoms with Crippen molar-refractivity contribution in [3.8, 4) is 5.75 Å². The highest BCUT2D eigenvalue weighted by molar-refractivity contribution is 8.18. The van der Waals surface area contributed by atoms with Gasteiger partial charge in [0, 0.05) is 11.6 Å². The fraction of sp³-hybridized carbons (Fsp3) is 0.333. The number of amidine groups is 1. The fourth-order valence-corrected chi connectivity index (χ4v) is 2.78. The number of ether oxygens (including phenoxy) is 2. The molecule has 1 aliphatic rings. The number of esters is 1. The van der Waals surface area contributed by atoms with Crippen molar-refractivity contribution < 1.29 is 19.1 Å². The second kappa shape index (κ2) is 10.4. The van der Waals surface area contributed by atoms with Gasteiger partial charge in [-0.3, -0.25) is 10.1 Å². The van der Waals surface area contributed by atoms with E-state index >= 15 is 0 Å². The molecule has 26 heavy (non-hydrogen) atoms. The van der Waals surface area contributed by atoms with Gasteiger partial charge in [-0.05, 0) is 30.3 Å². The summed E-state index contributed by atoms with van der Waals surface area (Å²) in [6.07, 6.45) is 5.95. The number of amides is 1. The summed E-state index contributed by atoms with van der Waals surface area (Å²) in [5.74, 6) is -0.266. The Morgan fingerprint density at radius 1 is 1.31 bits per heavy atom. The Kier molecular flexibility index (Phi) is 7.88. The number of benzene rings is 1. The van der Waals surface area contributed by atoms with Crippen molar-refractivity contribution in [3.63, 3.8) is 0 Å².